The molecule has 10 heteroatoms. The van der Waals surface area contributed by atoms with E-state index < -0.39 is 21.8 Å². The molecule has 1 heterocycles. The van der Waals surface area contributed by atoms with Gasteiger partial charge in [0.2, 0.25) is 0 Å². The van der Waals surface area contributed by atoms with Crippen LogP contribution in [-0.2, 0) is 25.6 Å². The zero-order valence-electron chi connectivity index (χ0n) is 17.6. The van der Waals surface area contributed by atoms with Crippen molar-refractivity contribution in [2.24, 2.45) is 0 Å². The Bertz CT molecular complexity index is 918. The van der Waals surface area contributed by atoms with Gasteiger partial charge in [-0.05, 0) is 57.9 Å². The number of hydrogen-bond acceptors (Lipinski definition) is 8. The number of aromatic nitrogens is 1. The van der Waals surface area contributed by atoms with Gasteiger partial charge in [0.15, 0.2) is 0 Å². The van der Waals surface area contributed by atoms with Crippen LogP contribution >= 0.6 is 11.3 Å². The van der Waals surface area contributed by atoms with E-state index in [-0.39, 0.29) is 6.61 Å². The summed E-state index contributed by atoms with van der Waals surface area (Å²) >= 11 is 1.50. The summed E-state index contributed by atoms with van der Waals surface area (Å²) in [7, 11) is -3.38. The van der Waals surface area contributed by atoms with E-state index in [1.165, 1.54) is 11.3 Å². The minimum Gasteiger partial charge on any atom is -0.494 e. The van der Waals surface area contributed by atoms with Crippen molar-refractivity contribution in [1.29, 1.82) is 0 Å². The molecule has 0 spiro atoms. The molecular weight excluding hydrogens is 428 g/mol. The lowest BCUT2D eigenvalue weighted by Crippen LogP contribution is -2.31. The number of rotatable bonds is 10. The molecule has 2 rings (SSSR count). The lowest BCUT2D eigenvalue weighted by Gasteiger charge is -2.19. The topological polar surface area (TPSA) is 104 Å². The average Bonchev–Trinajstić information content (AvgIpc) is 3.10. The van der Waals surface area contributed by atoms with Crippen LogP contribution in [0.25, 0.3) is 10.6 Å². The second-order valence-electron chi connectivity index (χ2n) is 7.59. The molecule has 0 unspecified atom stereocenters. The van der Waals surface area contributed by atoms with E-state index in [0.29, 0.717) is 26.0 Å². The molecular formula is C20H28N2O6S2. The molecule has 0 saturated carbocycles. The summed E-state index contributed by atoms with van der Waals surface area (Å²) in [4.78, 5) is 17.1. The van der Waals surface area contributed by atoms with Crippen molar-refractivity contribution in [3.05, 3.63) is 35.3 Å². The molecule has 2 aromatic rings. The largest absolute Gasteiger partial charge is 0.494 e. The monoisotopic (exact) mass is 456 g/mol. The number of carbonyl (C=O) groups excluding carboxylic acids is 1. The van der Waals surface area contributed by atoms with Crippen LogP contribution in [0.15, 0.2) is 30.5 Å². The Morgan fingerprint density at radius 3 is 2.43 bits per heavy atom. The van der Waals surface area contributed by atoms with Crippen LogP contribution < -0.4 is 10.1 Å². The van der Waals surface area contributed by atoms with Gasteiger partial charge < -0.3 is 14.8 Å². The maximum absolute atomic E-state index is 11.7. The highest BCUT2D eigenvalue weighted by molar-refractivity contribution is 7.85. The SMILES string of the molecule is CC(C)(C)OC(=O)NCc1cnc(-c2ccc(OCCCCOS(C)(=O)=O)cc2)s1. The fraction of sp³-hybridized carbons (Fsp3) is 0.500. The van der Waals surface area contributed by atoms with Crippen LogP contribution in [0, 0.1) is 0 Å². The number of thiazole rings is 1. The third-order valence-electron chi connectivity index (χ3n) is 3.57. The molecule has 1 aromatic heterocycles. The molecule has 1 N–H and O–H groups in total. The Hall–Kier alpha value is -2.17. The van der Waals surface area contributed by atoms with Gasteiger partial charge in [0.05, 0.1) is 26.0 Å². The van der Waals surface area contributed by atoms with Crippen molar-refractivity contribution < 1.29 is 26.9 Å². The van der Waals surface area contributed by atoms with Crippen molar-refractivity contribution in [2.45, 2.75) is 45.8 Å². The zero-order valence-corrected chi connectivity index (χ0v) is 19.3. The van der Waals surface area contributed by atoms with Crippen molar-refractivity contribution in [1.82, 2.24) is 10.3 Å². The van der Waals surface area contributed by atoms with Gasteiger partial charge in [0, 0.05) is 16.6 Å². The smallest absolute Gasteiger partial charge is 0.407 e. The molecule has 166 valence electrons. The third-order valence-corrected chi connectivity index (χ3v) is 5.21. The van der Waals surface area contributed by atoms with Gasteiger partial charge in [0.25, 0.3) is 10.1 Å². The standard InChI is InChI=1S/C20H28N2O6S2/c1-20(2,3)28-19(23)22-14-17-13-21-18(29-17)15-7-9-16(10-8-15)26-11-5-6-12-27-30(4,24)25/h7-10,13H,5-6,11-12,14H2,1-4H3,(H,22,23). The number of carbonyl (C=O) groups is 1. The summed E-state index contributed by atoms with van der Waals surface area (Å²) in [6, 6.07) is 7.57. The van der Waals surface area contributed by atoms with E-state index in [9.17, 15) is 13.2 Å². The first kappa shape index (κ1) is 24.1. The number of nitrogens with one attached hydrogen (secondary N) is 1. The van der Waals surface area contributed by atoms with Gasteiger partial charge in [-0.3, -0.25) is 4.18 Å². The quantitative estimate of drug-likeness (QED) is 0.426. The van der Waals surface area contributed by atoms with E-state index in [1.54, 1.807) is 6.20 Å². The predicted octanol–water partition coefficient (Wildman–Crippen LogP) is 3.97. The third kappa shape index (κ3) is 9.55. The minimum atomic E-state index is -3.38. The van der Waals surface area contributed by atoms with Crippen LogP contribution in [0.1, 0.15) is 38.5 Å². The number of benzene rings is 1. The highest BCUT2D eigenvalue weighted by Gasteiger charge is 2.16. The Balaban J connectivity index is 1.76. The summed E-state index contributed by atoms with van der Waals surface area (Å²) < 4.78 is 37.3. The van der Waals surface area contributed by atoms with E-state index in [0.717, 1.165) is 27.5 Å². The molecule has 1 aromatic carbocycles. The van der Waals surface area contributed by atoms with Crippen LogP contribution in [0.3, 0.4) is 0 Å². The number of unbranched alkanes of at least 4 members (excludes halogenated alkanes) is 1. The summed E-state index contributed by atoms with van der Waals surface area (Å²) in [5, 5.41) is 3.57. The van der Waals surface area contributed by atoms with Gasteiger partial charge >= 0.3 is 6.09 Å². The highest BCUT2D eigenvalue weighted by Crippen LogP contribution is 2.27. The fourth-order valence-electron chi connectivity index (χ4n) is 2.29. The number of nitrogens with zero attached hydrogens (tertiary/aromatic N) is 1. The molecule has 0 aliphatic heterocycles. The van der Waals surface area contributed by atoms with Crippen LogP contribution in [0.5, 0.6) is 5.75 Å². The Morgan fingerprint density at radius 2 is 1.80 bits per heavy atom. The first-order valence-corrected chi connectivity index (χ1v) is 12.1. The molecule has 0 atom stereocenters. The Labute approximate surface area is 181 Å². The normalized spacial score (nSPS) is 11.9. The highest BCUT2D eigenvalue weighted by atomic mass is 32.2. The molecule has 0 bridgehead atoms. The minimum absolute atomic E-state index is 0.163. The van der Waals surface area contributed by atoms with Gasteiger partial charge in [-0.15, -0.1) is 11.3 Å². The molecule has 0 saturated heterocycles. The van der Waals surface area contributed by atoms with Crippen LogP contribution in [0.4, 0.5) is 4.79 Å². The van der Waals surface area contributed by atoms with Crippen LogP contribution in [-0.4, -0.2) is 44.6 Å². The van der Waals surface area contributed by atoms with Crippen LogP contribution in [0.2, 0.25) is 0 Å². The molecule has 0 aliphatic carbocycles. The van der Waals surface area contributed by atoms with Gasteiger partial charge in [-0.25, -0.2) is 9.78 Å². The van der Waals surface area contributed by atoms with E-state index >= 15 is 0 Å². The van der Waals surface area contributed by atoms with Gasteiger partial charge in [-0.1, -0.05) is 0 Å². The number of hydrogen-bond donors (Lipinski definition) is 1. The van der Waals surface area contributed by atoms with E-state index in [4.69, 9.17) is 9.47 Å². The molecule has 30 heavy (non-hydrogen) atoms. The molecule has 0 radical (unpaired) electrons. The Morgan fingerprint density at radius 1 is 1.13 bits per heavy atom. The lowest BCUT2D eigenvalue weighted by molar-refractivity contribution is 0.0524. The van der Waals surface area contributed by atoms with Crippen molar-refractivity contribution in [3.8, 4) is 16.3 Å². The molecule has 0 aliphatic rings. The van der Waals surface area contributed by atoms with Gasteiger partial charge in [-0.2, -0.15) is 8.42 Å². The lowest BCUT2D eigenvalue weighted by atomic mass is 10.2. The van der Waals surface area contributed by atoms with Crippen molar-refractivity contribution in [2.75, 3.05) is 19.5 Å². The first-order chi connectivity index (χ1) is 14.0. The molecule has 1 amide bonds. The van der Waals surface area contributed by atoms with Crippen molar-refractivity contribution in [3.63, 3.8) is 0 Å². The van der Waals surface area contributed by atoms with Gasteiger partial charge in [0.1, 0.15) is 16.4 Å². The van der Waals surface area contributed by atoms with E-state index in [1.807, 2.05) is 45.0 Å². The predicted molar refractivity (Wildman–Crippen MR) is 116 cm³/mol. The fourth-order valence-corrected chi connectivity index (χ4v) is 3.57. The molecule has 0 fully saturated rings. The van der Waals surface area contributed by atoms with E-state index in [2.05, 4.69) is 14.5 Å². The van der Waals surface area contributed by atoms with Crippen molar-refractivity contribution >= 4 is 27.5 Å². The number of amides is 1. The first-order valence-electron chi connectivity index (χ1n) is 9.51. The zero-order chi connectivity index (χ0) is 22.2. The Kier molecular flexibility index (Phi) is 8.63. The maximum Gasteiger partial charge on any atom is 0.407 e. The average molecular weight is 457 g/mol. The molecule has 8 nitrogen and oxygen atoms in total. The number of ether oxygens (including phenoxy) is 2. The summed E-state index contributed by atoms with van der Waals surface area (Å²) in [6.07, 6.45) is 3.61. The maximum atomic E-state index is 11.7. The summed E-state index contributed by atoms with van der Waals surface area (Å²) in [6.45, 7) is 6.45. The number of alkyl carbamates (subject to hydrolysis) is 1. The summed E-state index contributed by atoms with van der Waals surface area (Å²) in [5.74, 6) is 0.728. The second kappa shape index (κ2) is 10.7. The second-order valence-corrected chi connectivity index (χ2v) is 10.4. The summed E-state index contributed by atoms with van der Waals surface area (Å²) in [5.41, 5.74) is 0.425.